The molecular formula is C30H32F2N10O3. The standard InChI is InChI=1S/C30H32F2N10O3/c1-40-38-28(37-39-40)21-6-5-7-22(26(21)44-2)35-23-13-18(12-17-9-10-19(14-33-17)41-15-20(43)16-41)34-29-25(23)36-30(27(31)32)42(29)24-8-3-4-11-45-24/h5-7,9-10,13-14,20,24,27,43H,3-4,8,11-12,15-16H2,1-2H3,(H,34,35). The molecule has 5 aromatic rings. The van der Waals surface area contributed by atoms with E-state index in [4.69, 9.17) is 14.5 Å². The van der Waals surface area contributed by atoms with E-state index >= 15 is 0 Å². The molecule has 13 nitrogen and oxygen atoms in total. The molecule has 2 fully saturated rings. The first-order valence-electron chi connectivity index (χ1n) is 14.8. The fourth-order valence-corrected chi connectivity index (χ4v) is 5.81. The minimum atomic E-state index is -2.84. The Bertz CT molecular complexity index is 1820. The Balaban J connectivity index is 1.32. The van der Waals surface area contributed by atoms with Crippen LogP contribution in [0.15, 0.2) is 42.6 Å². The third kappa shape index (κ3) is 5.64. The number of imidazole rings is 1. The van der Waals surface area contributed by atoms with Gasteiger partial charge < -0.3 is 24.8 Å². The fraction of sp³-hybridized carbons (Fsp3) is 0.400. The molecule has 2 aliphatic heterocycles. The number of nitrogens with zero attached hydrogens (tertiary/aromatic N) is 9. The van der Waals surface area contributed by atoms with Gasteiger partial charge >= 0.3 is 0 Å². The minimum absolute atomic E-state index is 0.285. The number of aliphatic hydroxyl groups excluding tert-OH is 1. The van der Waals surface area contributed by atoms with Crippen LogP contribution in [0, 0.1) is 0 Å². The number of ether oxygens (including phenoxy) is 2. The number of methoxy groups -OCH3 is 1. The van der Waals surface area contributed by atoms with Crippen molar-refractivity contribution >= 4 is 28.2 Å². The van der Waals surface area contributed by atoms with Crippen molar-refractivity contribution in [3.05, 3.63) is 59.8 Å². The highest BCUT2D eigenvalue weighted by Gasteiger charge is 2.30. The van der Waals surface area contributed by atoms with Gasteiger partial charge in [-0.2, -0.15) is 4.80 Å². The van der Waals surface area contributed by atoms with Crippen molar-refractivity contribution in [2.75, 3.05) is 37.0 Å². The number of aliphatic hydroxyl groups is 1. The second-order valence-corrected chi connectivity index (χ2v) is 11.2. The molecule has 2 saturated heterocycles. The Kier molecular flexibility index (Phi) is 7.71. The summed E-state index contributed by atoms with van der Waals surface area (Å²) in [6, 6.07) is 11.1. The summed E-state index contributed by atoms with van der Waals surface area (Å²) in [7, 11) is 3.21. The summed E-state index contributed by atoms with van der Waals surface area (Å²) in [4.78, 5) is 17.3. The number of nitrogens with one attached hydrogen (secondary N) is 1. The van der Waals surface area contributed by atoms with Crippen molar-refractivity contribution in [2.45, 2.75) is 44.4 Å². The number of benzene rings is 1. The van der Waals surface area contributed by atoms with Gasteiger partial charge in [-0.3, -0.25) is 9.55 Å². The first kappa shape index (κ1) is 29.0. The highest BCUT2D eigenvalue weighted by Crippen LogP contribution is 2.40. The molecule has 234 valence electrons. The number of aromatic nitrogens is 8. The van der Waals surface area contributed by atoms with E-state index < -0.39 is 18.5 Å². The lowest BCUT2D eigenvalue weighted by Gasteiger charge is -2.37. The molecule has 4 aromatic heterocycles. The molecule has 1 aromatic carbocycles. The lowest BCUT2D eigenvalue weighted by molar-refractivity contribution is -0.0363. The van der Waals surface area contributed by atoms with Gasteiger partial charge in [-0.25, -0.2) is 18.7 Å². The van der Waals surface area contributed by atoms with Crippen molar-refractivity contribution in [2.24, 2.45) is 7.05 Å². The van der Waals surface area contributed by atoms with Crippen LogP contribution in [0.1, 0.15) is 49.1 Å². The molecule has 6 heterocycles. The topological polar surface area (TPSA) is 141 Å². The van der Waals surface area contributed by atoms with Gasteiger partial charge in [0, 0.05) is 31.8 Å². The number of pyridine rings is 2. The quantitative estimate of drug-likeness (QED) is 0.246. The molecule has 1 atom stereocenters. The van der Waals surface area contributed by atoms with Gasteiger partial charge in [0.05, 0.1) is 54.8 Å². The van der Waals surface area contributed by atoms with Crippen LogP contribution in [0.3, 0.4) is 0 Å². The lowest BCUT2D eigenvalue weighted by Crippen LogP contribution is -2.50. The number of hydrogen-bond donors (Lipinski definition) is 2. The molecular weight excluding hydrogens is 586 g/mol. The number of aryl methyl sites for hydroxylation is 1. The van der Waals surface area contributed by atoms with Gasteiger partial charge in [0.1, 0.15) is 11.7 Å². The van der Waals surface area contributed by atoms with E-state index in [2.05, 4.69) is 30.7 Å². The van der Waals surface area contributed by atoms with Crippen molar-refractivity contribution in [1.82, 2.24) is 39.7 Å². The van der Waals surface area contributed by atoms with Gasteiger partial charge in [-0.1, -0.05) is 6.07 Å². The van der Waals surface area contributed by atoms with Gasteiger partial charge in [-0.05, 0) is 54.8 Å². The molecule has 0 spiro atoms. The molecule has 0 aliphatic carbocycles. The van der Waals surface area contributed by atoms with Crippen molar-refractivity contribution in [1.29, 1.82) is 0 Å². The maximum Gasteiger partial charge on any atom is 0.295 e. The number of para-hydroxylation sites is 1. The Hall–Kier alpha value is -4.76. The molecule has 2 N–H and O–H groups in total. The molecule has 0 bridgehead atoms. The molecule has 45 heavy (non-hydrogen) atoms. The summed E-state index contributed by atoms with van der Waals surface area (Å²) in [6.07, 6.45) is 0.646. The molecule has 0 amide bonds. The molecule has 1 unspecified atom stereocenters. The van der Waals surface area contributed by atoms with E-state index in [1.165, 1.54) is 16.5 Å². The Morgan fingerprint density at radius 1 is 1.11 bits per heavy atom. The number of fused-ring (bicyclic) bond motifs is 1. The first-order chi connectivity index (χ1) is 21.9. The van der Waals surface area contributed by atoms with Crippen LogP contribution in [-0.2, 0) is 18.2 Å². The van der Waals surface area contributed by atoms with Gasteiger partial charge in [0.25, 0.3) is 6.43 Å². The molecule has 7 rings (SSSR count). The van der Waals surface area contributed by atoms with Crippen LogP contribution in [0.2, 0.25) is 0 Å². The zero-order valence-electron chi connectivity index (χ0n) is 24.8. The van der Waals surface area contributed by atoms with Gasteiger partial charge in [0.2, 0.25) is 5.82 Å². The second-order valence-electron chi connectivity index (χ2n) is 11.2. The molecule has 0 radical (unpaired) electrons. The van der Waals surface area contributed by atoms with Gasteiger partial charge in [-0.15, -0.1) is 10.2 Å². The van der Waals surface area contributed by atoms with Crippen LogP contribution in [0.4, 0.5) is 25.8 Å². The van der Waals surface area contributed by atoms with E-state index in [0.717, 1.165) is 24.2 Å². The zero-order chi connectivity index (χ0) is 31.1. The average molecular weight is 619 g/mol. The number of rotatable bonds is 9. The SMILES string of the molecule is COc1c(Nc2cc(Cc3ccc(N4CC(O)C4)cn3)nc3c2nc(C(F)F)n3C2CCCCO2)cccc1-c1nnn(C)n1. The number of β-amino-alcohol motifs (C(OH)–C–C–N with tert-alkyl or cyclic N) is 1. The van der Waals surface area contributed by atoms with Crippen LogP contribution >= 0.6 is 0 Å². The predicted molar refractivity (Wildman–Crippen MR) is 161 cm³/mol. The summed E-state index contributed by atoms with van der Waals surface area (Å²) in [5.41, 5.74) is 4.50. The summed E-state index contributed by atoms with van der Waals surface area (Å²) >= 11 is 0. The van der Waals surface area contributed by atoms with E-state index in [0.29, 0.717) is 72.4 Å². The lowest BCUT2D eigenvalue weighted by atomic mass is 10.1. The van der Waals surface area contributed by atoms with E-state index in [-0.39, 0.29) is 11.6 Å². The van der Waals surface area contributed by atoms with E-state index in [1.807, 2.05) is 35.2 Å². The fourth-order valence-electron chi connectivity index (χ4n) is 5.81. The minimum Gasteiger partial charge on any atom is -0.494 e. The second kappa shape index (κ2) is 12.0. The van der Waals surface area contributed by atoms with E-state index in [9.17, 15) is 13.9 Å². The first-order valence-corrected chi connectivity index (χ1v) is 14.8. The highest BCUT2D eigenvalue weighted by molar-refractivity contribution is 5.91. The van der Waals surface area contributed by atoms with E-state index in [1.54, 1.807) is 19.3 Å². The summed E-state index contributed by atoms with van der Waals surface area (Å²) in [6.45, 7) is 1.62. The summed E-state index contributed by atoms with van der Waals surface area (Å²) < 4.78 is 42.1. The number of anilines is 3. The van der Waals surface area contributed by atoms with Crippen LogP contribution in [-0.4, -0.2) is 77.7 Å². The summed E-state index contributed by atoms with van der Waals surface area (Å²) in [5.74, 6) is 0.433. The van der Waals surface area contributed by atoms with Crippen LogP contribution in [0.25, 0.3) is 22.6 Å². The molecule has 15 heteroatoms. The number of tetrazole rings is 1. The maximum absolute atomic E-state index is 14.5. The smallest absolute Gasteiger partial charge is 0.295 e. The largest absolute Gasteiger partial charge is 0.494 e. The van der Waals surface area contributed by atoms with Crippen molar-refractivity contribution in [3.8, 4) is 17.1 Å². The monoisotopic (exact) mass is 618 g/mol. The Morgan fingerprint density at radius 3 is 2.64 bits per heavy atom. The predicted octanol–water partition coefficient (Wildman–Crippen LogP) is 4.18. The van der Waals surface area contributed by atoms with Crippen molar-refractivity contribution < 1.29 is 23.4 Å². The molecule has 0 saturated carbocycles. The number of hydrogen-bond acceptors (Lipinski definition) is 11. The van der Waals surface area contributed by atoms with Gasteiger partial charge in [0.15, 0.2) is 17.2 Å². The average Bonchev–Trinajstić information content (AvgIpc) is 3.64. The zero-order valence-corrected chi connectivity index (χ0v) is 24.8. The highest BCUT2D eigenvalue weighted by atomic mass is 19.3. The Morgan fingerprint density at radius 2 is 1.98 bits per heavy atom. The maximum atomic E-state index is 14.5. The summed E-state index contributed by atoms with van der Waals surface area (Å²) in [5, 5.41) is 25.4. The third-order valence-corrected chi connectivity index (χ3v) is 8.00. The molecule has 2 aliphatic rings. The third-order valence-electron chi connectivity index (χ3n) is 8.00. The number of alkyl halides is 2. The van der Waals surface area contributed by atoms with Crippen LogP contribution < -0.4 is 15.0 Å². The number of halogens is 2. The normalized spacial score (nSPS) is 17.2. The Labute approximate surface area is 256 Å². The van der Waals surface area contributed by atoms with Crippen molar-refractivity contribution in [3.63, 3.8) is 0 Å². The van der Waals surface area contributed by atoms with Crippen LogP contribution in [0.5, 0.6) is 5.75 Å².